The summed E-state index contributed by atoms with van der Waals surface area (Å²) >= 11 is 0. The van der Waals surface area contributed by atoms with E-state index in [4.69, 9.17) is 9.73 Å². The van der Waals surface area contributed by atoms with Crippen molar-refractivity contribution < 1.29 is 4.74 Å². The number of hydrogen-bond acceptors (Lipinski definition) is 5. The normalized spacial score (nSPS) is 23.4. The number of piperidine rings is 1. The summed E-state index contributed by atoms with van der Waals surface area (Å²) in [5, 5.41) is 6.83. The summed E-state index contributed by atoms with van der Waals surface area (Å²) in [6, 6.07) is 4.97. The fourth-order valence-corrected chi connectivity index (χ4v) is 4.21. The van der Waals surface area contributed by atoms with Crippen LogP contribution >= 0.6 is 0 Å². The third-order valence-corrected chi connectivity index (χ3v) is 5.99. The topological polar surface area (TPSA) is 65.0 Å². The number of anilines is 1. The highest BCUT2D eigenvalue weighted by molar-refractivity contribution is 5.79. The molecular formula is C23H40N6O. The van der Waals surface area contributed by atoms with Crippen molar-refractivity contribution in [2.45, 2.75) is 65.1 Å². The maximum atomic E-state index is 5.62. The van der Waals surface area contributed by atoms with Crippen LogP contribution in [0.1, 0.15) is 52.0 Å². The lowest BCUT2D eigenvalue weighted by molar-refractivity contribution is 0.0529. The number of ether oxygens (including phenoxy) is 1. The SMILES string of the molecule is CCNC(=NCc1ccc(N2CCOC(C)C2)nc1)NCCCN1CCCCC1C. The minimum Gasteiger partial charge on any atom is -0.375 e. The highest BCUT2D eigenvalue weighted by Crippen LogP contribution is 2.17. The molecule has 0 saturated carbocycles. The van der Waals surface area contributed by atoms with Gasteiger partial charge in [-0.05, 0) is 58.2 Å². The molecule has 2 aliphatic rings. The van der Waals surface area contributed by atoms with E-state index in [1.54, 1.807) is 0 Å². The molecule has 0 aromatic carbocycles. The first-order chi connectivity index (χ1) is 14.7. The van der Waals surface area contributed by atoms with Crippen LogP contribution in [0.4, 0.5) is 5.82 Å². The van der Waals surface area contributed by atoms with E-state index in [-0.39, 0.29) is 6.10 Å². The second-order valence-electron chi connectivity index (χ2n) is 8.51. The first-order valence-corrected chi connectivity index (χ1v) is 11.7. The number of aliphatic imine (C=N–C) groups is 1. The molecule has 30 heavy (non-hydrogen) atoms. The predicted octanol–water partition coefficient (Wildman–Crippen LogP) is 2.63. The van der Waals surface area contributed by atoms with Crippen molar-refractivity contribution in [3.05, 3.63) is 23.9 Å². The van der Waals surface area contributed by atoms with Gasteiger partial charge in [-0.3, -0.25) is 0 Å². The lowest BCUT2D eigenvalue weighted by atomic mass is 10.0. The molecule has 0 amide bonds. The zero-order valence-electron chi connectivity index (χ0n) is 19.1. The Hall–Kier alpha value is -1.86. The fraction of sp³-hybridized carbons (Fsp3) is 0.739. The maximum Gasteiger partial charge on any atom is 0.191 e. The fourth-order valence-electron chi connectivity index (χ4n) is 4.21. The summed E-state index contributed by atoms with van der Waals surface area (Å²) in [6.07, 6.45) is 7.42. The molecule has 2 saturated heterocycles. The zero-order valence-corrected chi connectivity index (χ0v) is 19.1. The van der Waals surface area contributed by atoms with Gasteiger partial charge in [-0.1, -0.05) is 12.5 Å². The molecule has 7 nitrogen and oxygen atoms in total. The summed E-state index contributed by atoms with van der Waals surface area (Å²) in [5.41, 5.74) is 1.12. The van der Waals surface area contributed by atoms with Gasteiger partial charge in [0.05, 0.1) is 19.3 Å². The molecule has 1 aromatic rings. The standard InChI is InChI=1S/C23H40N6O/c1-4-24-23(25-11-7-13-28-12-6-5-8-19(28)2)27-17-21-9-10-22(26-16-21)29-14-15-30-20(3)18-29/h9-10,16,19-20H,4-8,11-15,17-18H2,1-3H3,(H2,24,25,27). The lowest BCUT2D eigenvalue weighted by Crippen LogP contribution is -2.41. The van der Waals surface area contributed by atoms with Gasteiger partial charge < -0.3 is 25.2 Å². The van der Waals surface area contributed by atoms with Crippen LogP contribution in [0.2, 0.25) is 0 Å². The number of nitrogens with zero attached hydrogens (tertiary/aromatic N) is 4. The van der Waals surface area contributed by atoms with Crippen LogP contribution in [0.3, 0.4) is 0 Å². The van der Waals surface area contributed by atoms with Crippen LogP contribution in [-0.4, -0.2) is 73.9 Å². The van der Waals surface area contributed by atoms with Gasteiger partial charge in [0, 0.05) is 45.0 Å². The monoisotopic (exact) mass is 416 g/mol. The number of pyridine rings is 1. The van der Waals surface area contributed by atoms with E-state index in [1.807, 2.05) is 6.20 Å². The predicted molar refractivity (Wildman–Crippen MR) is 124 cm³/mol. The van der Waals surface area contributed by atoms with Gasteiger partial charge in [0.2, 0.25) is 0 Å². The minimum atomic E-state index is 0.261. The summed E-state index contributed by atoms with van der Waals surface area (Å²) in [5.74, 6) is 1.91. The molecule has 3 heterocycles. The molecule has 0 radical (unpaired) electrons. The Labute approximate surface area is 182 Å². The number of nitrogens with one attached hydrogen (secondary N) is 2. The smallest absolute Gasteiger partial charge is 0.191 e. The number of guanidine groups is 1. The Kier molecular flexibility index (Phi) is 9.21. The van der Waals surface area contributed by atoms with E-state index in [1.165, 1.54) is 32.4 Å². The van der Waals surface area contributed by atoms with Crippen LogP contribution in [-0.2, 0) is 11.3 Å². The minimum absolute atomic E-state index is 0.261. The van der Waals surface area contributed by atoms with Gasteiger partial charge >= 0.3 is 0 Å². The van der Waals surface area contributed by atoms with Crippen molar-refractivity contribution >= 4 is 11.8 Å². The Morgan fingerprint density at radius 1 is 1.23 bits per heavy atom. The molecule has 168 valence electrons. The molecule has 3 rings (SSSR count). The summed E-state index contributed by atoms with van der Waals surface area (Å²) in [6.45, 7) is 14.0. The Bertz CT molecular complexity index is 650. The quantitative estimate of drug-likeness (QED) is 0.386. The number of likely N-dealkylation sites (tertiary alicyclic amines) is 1. The van der Waals surface area contributed by atoms with Gasteiger partial charge in [-0.25, -0.2) is 9.98 Å². The Morgan fingerprint density at radius 2 is 2.13 bits per heavy atom. The van der Waals surface area contributed by atoms with E-state index >= 15 is 0 Å². The second-order valence-corrected chi connectivity index (χ2v) is 8.51. The van der Waals surface area contributed by atoms with Crippen molar-refractivity contribution in [1.29, 1.82) is 0 Å². The van der Waals surface area contributed by atoms with E-state index < -0.39 is 0 Å². The molecular weight excluding hydrogens is 376 g/mol. The molecule has 2 fully saturated rings. The number of rotatable bonds is 8. The van der Waals surface area contributed by atoms with Gasteiger partial charge in [-0.2, -0.15) is 0 Å². The molecule has 2 N–H and O–H groups in total. The highest BCUT2D eigenvalue weighted by Gasteiger charge is 2.18. The first kappa shape index (κ1) is 22.8. The molecule has 0 aliphatic carbocycles. The number of morpholine rings is 1. The third kappa shape index (κ3) is 7.13. The molecule has 2 aliphatic heterocycles. The van der Waals surface area contributed by atoms with E-state index in [9.17, 15) is 0 Å². The van der Waals surface area contributed by atoms with Crippen LogP contribution in [0, 0.1) is 0 Å². The van der Waals surface area contributed by atoms with Crippen molar-refractivity contribution in [3.63, 3.8) is 0 Å². The average Bonchev–Trinajstić information content (AvgIpc) is 2.76. The van der Waals surface area contributed by atoms with E-state index in [2.05, 4.69) is 58.3 Å². The van der Waals surface area contributed by atoms with Gasteiger partial charge in [0.1, 0.15) is 5.82 Å². The maximum absolute atomic E-state index is 5.62. The third-order valence-electron chi connectivity index (χ3n) is 5.99. The molecule has 0 spiro atoms. The van der Waals surface area contributed by atoms with E-state index in [0.29, 0.717) is 6.54 Å². The zero-order chi connectivity index (χ0) is 21.2. The van der Waals surface area contributed by atoms with E-state index in [0.717, 1.165) is 62.6 Å². The summed E-state index contributed by atoms with van der Waals surface area (Å²) in [4.78, 5) is 14.3. The first-order valence-electron chi connectivity index (χ1n) is 11.7. The molecule has 2 unspecified atom stereocenters. The number of hydrogen-bond donors (Lipinski definition) is 2. The average molecular weight is 417 g/mol. The van der Waals surface area contributed by atoms with Crippen molar-refractivity contribution in [1.82, 2.24) is 20.5 Å². The lowest BCUT2D eigenvalue weighted by Gasteiger charge is -2.33. The van der Waals surface area contributed by atoms with Crippen LogP contribution < -0.4 is 15.5 Å². The molecule has 2 atom stereocenters. The molecule has 7 heteroatoms. The Morgan fingerprint density at radius 3 is 2.87 bits per heavy atom. The van der Waals surface area contributed by atoms with Crippen LogP contribution in [0.5, 0.6) is 0 Å². The van der Waals surface area contributed by atoms with Crippen molar-refractivity contribution in [2.75, 3.05) is 50.8 Å². The van der Waals surface area contributed by atoms with Crippen LogP contribution in [0.25, 0.3) is 0 Å². The summed E-state index contributed by atoms with van der Waals surface area (Å²) < 4.78 is 5.62. The van der Waals surface area contributed by atoms with Crippen LogP contribution in [0.15, 0.2) is 23.3 Å². The number of aromatic nitrogens is 1. The highest BCUT2D eigenvalue weighted by atomic mass is 16.5. The van der Waals surface area contributed by atoms with Crippen molar-refractivity contribution in [2.24, 2.45) is 4.99 Å². The van der Waals surface area contributed by atoms with Gasteiger partial charge in [0.25, 0.3) is 0 Å². The molecule has 1 aromatic heterocycles. The van der Waals surface area contributed by atoms with Gasteiger partial charge in [0.15, 0.2) is 5.96 Å². The second kappa shape index (κ2) is 12.1. The molecule has 0 bridgehead atoms. The summed E-state index contributed by atoms with van der Waals surface area (Å²) in [7, 11) is 0. The Balaban J connectivity index is 1.44. The largest absolute Gasteiger partial charge is 0.375 e. The van der Waals surface area contributed by atoms with Gasteiger partial charge in [-0.15, -0.1) is 0 Å². The van der Waals surface area contributed by atoms with Crippen molar-refractivity contribution in [3.8, 4) is 0 Å².